The van der Waals surface area contributed by atoms with E-state index in [9.17, 15) is 18.4 Å². The molecule has 6 nitrogen and oxygen atoms in total. The van der Waals surface area contributed by atoms with E-state index < -0.39 is 24.5 Å². The number of amides is 1. The fourth-order valence-electron chi connectivity index (χ4n) is 2.04. The molecular weight excluding hydrogens is 284 g/mol. The van der Waals surface area contributed by atoms with Crippen LogP contribution in [0.4, 0.5) is 8.78 Å². The van der Waals surface area contributed by atoms with Gasteiger partial charge in [0, 0.05) is 11.3 Å². The first-order valence-corrected chi connectivity index (χ1v) is 6.50. The Bertz CT molecular complexity index is 541. The van der Waals surface area contributed by atoms with Crippen LogP contribution in [-0.2, 0) is 16.0 Å². The second-order valence-electron chi connectivity index (χ2n) is 5.18. The van der Waals surface area contributed by atoms with E-state index >= 15 is 0 Å². The van der Waals surface area contributed by atoms with Gasteiger partial charge in [-0.3, -0.25) is 4.79 Å². The Hall–Kier alpha value is -1.99. The van der Waals surface area contributed by atoms with Crippen molar-refractivity contribution in [2.45, 2.75) is 46.7 Å². The van der Waals surface area contributed by atoms with Crippen molar-refractivity contribution in [2.24, 2.45) is 5.92 Å². The van der Waals surface area contributed by atoms with E-state index in [-0.39, 0.29) is 18.0 Å². The number of carboxylic acids is 1. The van der Waals surface area contributed by atoms with E-state index in [1.54, 1.807) is 13.8 Å². The minimum atomic E-state index is -2.78. The maximum Gasteiger partial charge on any atom is 0.333 e. The van der Waals surface area contributed by atoms with Crippen LogP contribution in [0.2, 0.25) is 0 Å². The third kappa shape index (κ3) is 3.99. The van der Waals surface area contributed by atoms with Crippen LogP contribution in [-0.4, -0.2) is 32.8 Å². The SMILES string of the molecule is Cc1nn(C(F)F)c(C)c1CC(=O)NC(C(=O)O)C(C)C. The summed E-state index contributed by atoms with van der Waals surface area (Å²) in [6.45, 7) is 3.55. The molecule has 0 aliphatic heterocycles. The molecule has 1 aromatic heterocycles. The van der Waals surface area contributed by atoms with Gasteiger partial charge in [0.25, 0.3) is 0 Å². The van der Waals surface area contributed by atoms with Gasteiger partial charge in [-0.25, -0.2) is 9.48 Å². The van der Waals surface area contributed by atoms with Crippen LogP contribution >= 0.6 is 0 Å². The number of aromatic nitrogens is 2. The minimum Gasteiger partial charge on any atom is -0.480 e. The largest absolute Gasteiger partial charge is 0.480 e. The van der Waals surface area contributed by atoms with Crippen LogP contribution in [0.25, 0.3) is 0 Å². The average molecular weight is 303 g/mol. The molecule has 1 unspecified atom stereocenters. The molecule has 1 rings (SSSR count). The first kappa shape index (κ1) is 17.1. The fraction of sp³-hybridized carbons (Fsp3) is 0.615. The molecule has 2 N–H and O–H groups in total. The lowest BCUT2D eigenvalue weighted by Gasteiger charge is -2.17. The number of carboxylic acid groups (broad SMARTS) is 1. The Balaban J connectivity index is 2.87. The highest BCUT2D eigenvalue weighted by Crippen LogP contribution is 2.19. The first-order valence-electron chi connectivity index (χ1n) is 6.50. The Kier molecular flexibility index (Phi) is 5.40. The van der Waals surface area contributed by atoms with Gasteiger partial charge in [-0.2, -0.15) is 13.9 Å². The zero-order chi connectivity index (χ0) is 16.3. The summed E-state index contributed by atoms with van der Waals surface area (Å²) in [7, 11) is 0. The summed E-state index contributed by atoms with van der Waals surface area (Å²) in [5.41, 5.74) is 0.925. The molecule has 1 heterocycles. The molecule has 0 saturated heterocycles. The lowest BCUT2D eigenvalue weighted by atomic mass is 10.0. The van der Waals surface area contributed by atoms with Gasteiger partial charge in [0.1, 0.15) is 6.04 Å². The summed E-state index contributed by atoms with van der Waals surface area (Å²) in [6.07, 6.45) is -0.180. The van der Waals surface area contributed by atoms with Gasteiger partial charge in [0.05, 0.1) is 12.1 Å². The number of alkyl halides is 2. The van der Waals surface area contributed by atoms with Gasteiger partial charge >= 0.3 is 12.5 Å². The van der Waals surface area contributed by atoms with Crippen molar-refractivity contribution in [3.63, 3.8) is 0 Å². The number of carbonyl (C=O) groups excluding carboxylic acids is 1. The van der Waals surface area contributed by atoms with Crippen LogP contribution in [0, 0.1) is 19.8 Å². The normalized spacial score (nSPS) is 12.8. The lowest BCUT2D eigenvalue weighted by molar-refractivity contribution is -0.143. The molecule has 0 saturated carbocycles. The number of carbonyl (C=O) groups is 2. The number of rotatable bonds is 6. The molecule has 0 aromatic carbocycles. The van der Waals surface area contributed by atoms with E-state index in [0.717, 1.165) is 0 Å². The molecule has 0 aliphatic carbocycles. The van der Waals surface area contributed by atoms with Gasteiger partial charge in [0.15, 0.2) is 0 Å². The molecule has 0 radical (unpaired) electrons. The van der Waals surface area contributed by atoms with Gasteiger partial charge in [-0.15, -0.1) is 0 Å². The molecule has 8 heteroatoms. The number of aliphatic carboxylic acids is 1. The highest BCUT2D eigenvalue weighted by atomic mass is 19.3. The molecule has 1 atom stereocenters. The molecule has 0 spiro atoms. The van der Waals surface area contributed by atoms with Crippen molar-refractivity contribution in [3.8, 4) is 0 Å². The molecule has 0 aliphatic rings. The molecule has 1 amide bonds. The van der Waals surface area contributed by atoms with Crippen LogP contribution in [0.5, 0.6) is 0 Å². The highest BCUT2D eigenvalue weighted by Gasteiger charge is 2.25. The smallest absolute Gasteiger partial charge is 0.333 e. The molecule has 0 fully saturated rings. The summed E-state index contributed by atoms with van der Waals surface area (Å²) in [5, 5.41) is 15.1. The summed E-state index contributed by atoms with van der Waals surface area (Å²) >= 11 is 0. The van der Waals surface area contributed by atoms with Gasteiger partial charge in [-0.1, -0.05) is 13.8 Å². The van der Waals surface area contributed by atoms with E-state index in [1.165, 1.54) is 13.8 Å². The van der Waals surface area contributed by atoms with Crippen molar-refractivity contribution in [1.29, 1.82) is 0 Å². The van der Waals surface area contributed by atoms with E-state index in [4.69, 9.17) is 5.11 Å². The van der Waals surface area contributed by atoms with Crippen LogP contribution in [0.15, 0.2) is 0 Å². The number of halogens is 2. The van der Waals surface area contributed by atoms with Crippen molar-refractivity contribution in [2.75, 3.05) is 0 Å². The summed E-state index contributed by atoms with van der Waals surface area (Å²) < 4.78 is 26.0. The van der Waals surface area contributed by atoms with E-state index in [1.807, 2.05) is 0 Å². The molecule has 1 aromatic rings. The maximum atomic E-state index is 12.7. The van der Waals surface area contributed by atoms with Gasteiger partial charge in [-0.05, 0) is 19.8 Å². The Morgan fingerprint density at radius 1 is 1.33 bits per heavy atom. The van der Waals surface area contributed by atoms with Crippen molar-refractivity contribution < 1.29 is 23.5 Å². The van der Waals surface area contributed by atoms with E-state index in [2.05, 4.69) is 10.4 Å². The molecular formula is C13H19F2N3O3. The second kappa shape index (κ2) is 6.64. The lowest BCUT2D eigenvalue weighted by Crippen LogP contribution is -2.45. The standard InChI is InChI=1S/C13H19F2N3O3/c1-6(2)11(12(20)21)16-10(19)5-9-7(3)17-18(8(9)4)13(14)15/h6,11,13H,5H2,1-4H3,(H,16,19)(H,20,21). The number of hydrogen-bond donors (Lipinski definition) is 2. The van der Waals surface area contributed by atoms with Crippen LogP contribution < -0.4 is 5.32 Å². The molecule has 21 heavy (non-hydrogen) atoms. The summed E-state index contributed by atoms with van der Waals surface area (Å²) in [5.74, 6) is -1.94. The van der Waals surface area contributed by atoms with Crippen LogP contribution in [0.1, 0.15) is 37.3 Å². The molecule has 0 bridgehead atoms. The fourth-order valence-corrected chi connectivity index (χ4v) is 2.04. The third-order valence-electron chi connectivity index (χ3n) is 3.25. The monoisotopic (exact) mass is 303 g/mol. The van der Waals surface area contributed by atoms with Gasteiger partial charge < -0.3 is 10.4 Å². The Morgan fingerprint density at radius 3 is 2.29 bits per heavy atom. The molecule has 118 valence electrons. The first-order chi connectivity index (χ1) is 9.65. The number of nitrogens with one attached hydrogen (secondary N) is 1. The quantitative estimate of drug-likeness (QED) is 0.837. The van der Waals surface area contributed by atoms with E-state index in [0.29, 0.717) is 15.9 Å². The van der Waals surface area contributed by atoms with Crippen molar-refractivity contribution >= 4 is 11.9 Å². The van der Waals surface area contributed by atoms with Crippen molar-refractivity contribution in [1.82, 2.24) is 15.1 Å². The topological polar surface area (TPSA) is 84.2 Å². The predicted octanol–water partition coefficient (Wildman–Crippen LogP) is 1.66. The Labute approximate surface area is 121 Å². The Morgan fingerprint density at radius 2 is 1.90 bits per heavy atom. The third-order valence-corrected chi connectivity index (χ3v) is 3.25. The van der Waals surface area contributed by atoms with Crippen molar-refractivity contribution in [3.05, 3.63) is 17.0 Å². The number of hydrogen-bond acceptors (Lipinski definition) is 3. The summed E-state index contributed by atoms with van der Waals surface area (Å²) in [6, 6.07) is -1.01. The zero-order valence-electron chi connectivity index (χ0n) is 12.4. The average Bonchev–Trinajstić information content (AvgIpc) is 2.63. The van der Waals surface area contributed by atoms with Gasteiger partial charge in [0.2, 0.25) is 5.91 Å². The summed E-state index contributed by atoms with van der Waals surface area (Å²) in [4.78, 5) is 22.9. The number of aryl methyl sites for hydroxylation is 1. The zero-order valence-corrected chi connectivity index (χ0v) is 12.4. The van der Waals surface area contributed by atoms with Crippen LogP contribution in [0.3, 0.4) is 0 Å². The predicted molar refractivity (Wildman–Crippen MR) is 71.1 cm³/mol. The highest BCUT2D eigenvalue weighted by molar-refractivity contribution is 5.85. The minimum absolute atomic E-state index is 0.180. The number of nitrogens with zero attached hydrogens (tertiary/aromatic N) is 2. The second-order valence-corrected chi connectivity index (χ2v) is 5.18. The maximum absolute atomic E-state index is 12.7.